The second kappa shape index (κ2) is 3.01. The third kappa shape index (κ3) is 1.74. The minimum Gasteiger partial charge on any atom is -0.505 e. The maximum absolute atomic E-state index is 10.8. The number of aromatic hydroxyl groups is 1. The van der Waals surface area contributed by atoms with Crippen molar-refractivity contribution >= 4 is 5.97 Å². The Labute approximate surface area is 75.1 Å². The topological polar surface area (TPSA) is 83.3 Å². The van der Waals surface area contributed by atoms with Crippen molar-refractivity contribution in [3.05, 3.63) is 18.2 Å². The van der Waals surface area contributed by atoms with Crippen molar-refractivity contribution in [2.45, 2.75) is 19.3 Å². The molecule has 0 amide bonds. The molecule has 0 unspecified atom stereocenters. The van der Waals surface area contributed by atoms with E-state index in [1.807, 2.05) is 0 Å². The van der Waals surface area contributed by atoms with Crippen molar-refractivity contribution in [2.75, 3.05) is 0 Å². The summed E-state index contributed by atoms with van der Waals surface area (Å²) in [5, 5.41) is 17.7. The molecule has 13 heavy (non-hydrogen) atoms. The summed E-state index contributed by atoms with van der Waals surface area (Å²) in [5.41, 5.74) is -1.13. The number of nitrogens with zero attached hydrogens (tertiary/aromatic N) is 2. The van der Waals surface area contributed by atoms with Crippen LogP contribution in [0.15, 0.2) is 12.4 Å². The Bertz CT molecular complexity index is 319. The van der Waals surface area contributed by atoms with Crippen LogP contribution in [0.5, 0.6) is 5.75 Å². The summed E-state index contributed by atoms with van der Waals surface area (Å²) in [5.74, 6) is -0.902. The van der Waals surface area contributed by atoms with Crippen LogP contribution >= 0.6 is 0 Å². The van der Waals surface area contributed by atoms with Crippen LogP contribution in [0.3, 0.4) is 0 Å². The second-order valence-corrected chi connectivity index (χ2v) is 3.20. The van der Waals surface area contributed by atoms with Crippen molar-refractivity contribution in [3.8, 4) is 5.75 Å². The molecule has 5 heteroatoms. The Morgan fingerprint density at radius 3 is 2.23 bits per heavy atom. The van der Waals surface area contributed by atoms with E-state index >= 15 is 0 Å². The quantitative estimate of drug-likeness (QED) is 0.697. The zero-order valence-corrected chi connectivity index (χ0v) is 7.35. The van der Waals surface area contributed by atoms with Crippen molar-refractivity contribution in [1.82, 2.24) is 9.97 Å². The number of hydrogen-bond donors (Lipinski definition) is 2. The second-order valence-electron chi connectivity index (χ2n) is 3.20. The summed E-state index contributed by atoms with van der Waals surface area (Å²) < 4.78 is 0. The van der Waals surface area contributed by atoms with Gasteiger partial charge in [0.05, 0.1) is 12.4 Å². The van der Waals surface area contributed by atoms with Crippen LogP contribution in [-0.2, 0) is 10.2 Å². The van der Waals surface area contributed by atoms with Gasteiger partial charge in [0.25, 0.3) is 0 Å². The molecule has 0 aliphatic carbocycles. The summed E-state index contributed by atoms with van der Waals surface area (Å²) in [6.07, 6.45) is 2.35. The molecule has 1 aromatic heterocycles. The van der Waals surface area contributed by atoms with Gasteiger partial charge in [0.1, 0.15) is 11.2 Å². The molecule has 0 fully saturated rings. The molecule has 1 heterocycles. The van der Waals surface area contributed by atoms with E-state index in [1.54, 1.807) is 0 Å². The number of aromatic nitrogens is 2. The van der Waals surface area contributed by atoms with Gasteiger partial charge in [0.15, 0.2) is 5.75 Å². The maximum atomic E-state index is 10.8. The molecule has 0 atom stereocenters. The lowest BCUT2D eigenvalue weighted by atomic mass is 9.93. The van der Waals surface area contributed by atoms with Gasteiger partial charge in [-0.15, -0.1) is 0 Å². The minimum absolute atomic E-state index is 0.0788. The van der Waals surface area contributed by atoms with Gasteiger partial charge in [0.2, 0.25) is 0 Å². The smallest absolute Gasteiger partial charge is 0.316 e. The first-order valence-electron chi connectivity index (χ1n) is 3.69. The Morgan fingerprint density at radius 1 is 1.38 bits per heavy atom. The normalized spacial score (nSPS) is 11.2. The van der Waals surface area contributed by atoms with E-state index in [0.717, 1.165) is 0 Å². The predicted octanol–water partition coefficient (Wildman–Crippen LogP) is 0.544. The van der Waals surface area contributed by atoms with Gasteiger partial charge in [0, 0.05) is 0 Å². The minimum atomic E-state index is -1.13. The lowest BCUT2D eigenvalue weighted by Gasteiger charge is -2.16. The van der Waals surface area contributed by atoms with E-state index in [-0.39, 0.29) is 11.6 Å². The fourth-order valence-electron chi connectivity index (χ4n) is 0.740. The molecule has 0 aliphatic heterocycles. The molecule has 70 valence electrons. The van der Waals surface area contributed by atoms with Gasteiger partial charge in [-0.3, -0.25) is 4.79 Å². The Morgan fingerprint density at radius 2 is 1.85 bits per heavy atom. The number of aliphatic carboxylic acids is 1. The fraction of sp³-hybridized carbons (Fsp3) is 0.375. The van der Waals surface area contributed by atoms with Crippen molar-refractivity contribution in [1.29, 1.82) is 0 Å². The molecule has 1 aromatic rings. The lowest BCUT2D eigenvalue weighted by Crippen LogP contribution is -2.30. The van der Waals surface area contributed by atoms with Crippen molar-refractivity contribution in [3.63, 3.8) is 0 Å². The number of hydrogen-bond acceptors (Lipinski definition) is 4. The number of carbonyl (C=O) groups is 1. The van der Waals surface area contributed by atoms with Gasteiger partial charge in [-0.05, 0) is 13.8 Å². The first-order valence-corrected chi connectivity index (χ1v) is 3.69. The molecular weight excluding hydrogens is 172 g/mol. The molecule has 2 N–H and O–H groups in total. The molecule has 0 aliphatic rings. The third-order valence-corrected chi connectivity index (χ3v) is 1.73. The van der Waals surface area contributed by atoms with Gasteiger partial charge in [-0.25, -0.2) is 9.97 Å². The van der Waals surface area contributed by atoms with Crippen LogP contribution in [0, 0.1) is 0 Å². The van der Waals surface area contributed by atoms with Gasteiger partial charge < -0.3 is 10.2 Å². The van der Waals surface area contributed by atoms with Crippen LogP contribution < -0.4 is 0 Å². The van der Waals surface area contributed by atoms with E-state index in [2.05, 4.69) is 9.97 Å². The number of carboxylic acids is 1. The summed E-state index contributed by atoms with van der Waals surface area (Å²) in [6, 6.07) is 0. The molecule has 0 saturated carbocycles. The van der Waals surface area contributed by atoms with Gasteiger partial charge >= 0.3 is 5.97 Å². The van der Waals surface area contributed by atoms with E-state index in [9.17, 15) is 4.79 Å². The highest BCUT2D eigenvalue weighted by atomic mass is 16.4. The lowest BCUT2D eigenvalue weighted by molar-refractivity contribution is -0.142. The molecule has 5 nitrogen and oxygen atoms in total. The highest BCUT2D eigenvalue weighted by molar-refractivity contribution is 5.78. The molecular formula is C8H10N2O3. The highest BCUT2D eigenvalue weighted by Gasteiger charge is 2.32. The van der Waals surface area contributed by atoms with Crippen LogP contribution in [0.2, 0.25) is 0 Å². The average Bonchev–Trinajstić information content (AvgIpc) is 2.04. The Balaban J connectivity index is 3.08. The Hall–Kier alpha value is -1.65. The Kier molecular flexibility index (Phi) is 2.18. The molecule has 0 saturated heterocycles. The zero-order chi connectivity index (χ0) is 10.1. The molecule has 0 aromatic carbocycles. The number of rotatable bonds is 2. The van der Waals surface area contributed by atoms with Crippen LogP contribution in [-0.4, -0.2) is 26.2 Å². The van der Waals surface area contributed by atoms with Gasteiger partial charge in [-0.1, -0.05) is 0 Å². The van der Waals surface area contributed by atoms with E-state index < -0.39 is 11.4 Å². The zero-order valence-electron chi connectivity index (χ0n) is 7.35. The largest absolute Gasteiger partial charge is 0.505 e. The standard InChI is InChI=1S/C8H10N2O3/c1-8(2,7(12)13)6-9-3-5(11)4-10-6/h3-4,11H,1-2H3,(H,12,13). The average molecular weight is 182 g/mol. The van der Waals surface area contributed by atoms with Crippen LogP contribution in [0.4, 0.5) is 0 Å². The molecule has 1 rings (SSSR count). The summed E-state index contributed by atoms with van der Waals surface area (Å²) in [6.45, 7) is 3.00. The first kappa shape index (κ1) is 9.44. The van der Waals surface area contributed by atoms with Crippen LogP contribution in [0.1, 0.15) is 19.7 Å². The highest BCUT2D eigenvalue weighted by Crippen LogP contribution is 2.19. The predicted molar refractivity (Wildman–Crippen MR) is 44.4 cm³/mol. The molecule has 0 radical (unpaired) electrons. The van der Waals surface area contributed by atoms with Crippen molar-refractivity contribution < 1.29 is 15.0 Å². The molecule has 0 bridgehead atoms. The maximum Gasteiger partial charge on any atom is 0.316 e. The SMILES string of the molecule is CC(C)(C(=O)O)c1ncc(O)cn1. The summed E-state index contributed by atoms with van der Waals surface area (Å²) in [7, 11) is 0. The van der Waals surface area contributed by atoms with E-state index in [1.165, 1.54) is 26.2 Å². The van der Waals surface area contributed by atoms with E-state index in [4.69, 9.17) is 10.2 Å². The first-order chi connectivity index (χ1) is 5.94. The van der Waals surface area contributed by atoms with Gasteiger partial charge in [-0.2, -0.15) is 0 Å². The van der Waals surface area contributed by atoms with Crippen molar-refractivity contribution in [2.24, 2.45) is 0 Å². The summed E-state index contributed by atoms with van der Waals surface area (Å²) in [4.78, 5) is 18.2. The van der Waals surface area contributed by atoms with E-state index in [0.29, 0.717) is 0 Å². The number of carboxylic acid groups (broad SMARTS) is 1. The molecule has 0 spiro atoms. The fourth-order valence-corrected chi connectivity index (χ4v) is 0.740. The monoisotopic (exact) mass is 182 g/mol. The third-order valence-electron chi connectivity index (χ3n) is 1.73. The summed E-state index contributed by atoms with van der Waals surface area (Å²) >= 11 is 0. The van der Waals surface area contributed by atoms with Crippen LogP contribution in [0.25, 0.3) is 0 Å².